The molecule has 2 nitrogen and oxygen atoms in total. The lowest BCUT2D eigenvalue weighted by molar-refractivity contribution is -0.138. The fourth-order valence-electron chi connectivity index (χ4n) is 1.92. The molecule has 1 atom stereocenters. The summed E-state index contributed by atoms with van der Waals surface area (Å²) in [5.41, 5.74) is 1.84. The van der Waals surface area contributed by atoms with Gasteiger partial charge in [-0.2, -0.15) is 0 Å². The van der Waals surface area contributed by atoms with Crippen LogP contribution in [0.25, 0.3) is 0 Å². The second-order valence-electron chi connectivity index (χ2n) is 4.10. The number of carbonyl (C=O) groups is 1. The molecule has 0 saturated heterocycles. The van der Waals surface area contributed by atoms with Crippen LogP contribution in [0.1, 0.15) is 17.0 Å². The van der Waals surface area contributed by atoms with Crippen LogP contribution in [0.5, 0.6) is 0 Å². The highest BCUT2D eigenvalue weighted by molar-refractivity contribution is 9.10. The molecule has 3 heteroatoms. The summed E-state index contributed by atoms with van der Waals surface area (Å²) in [6, 6.07) is 17.1. The highest BCUT2D eigenvalue weighted by Crippen LogP contribution is 2.25. The summed E-state index contributed by atoms with van der Waals surface area (Å²) in [6.45, 7) is 0. The highest BCUT2D eigenvalue weighted by atomic mass is 79.9. The second-order valence-corrected chi connectivity index (χ2v) is 4.95. The molecular weight excluding hydrogens is 292 g/mol. The average molecular weight is 305 g/mol. The van der Waals surface area contributed by atoms with Crippen molar-refractivity contribution in [1.29, 1.82) is 0 Å². The molecule has 18 heavy (non-hydrogen) atoms. The number of carboxylic acids is 1. The first-order chi connectivity index (χ1) is 8.68. The van der Waals surface area contributed by atoms with Gasteiger partial charge in [0.05, 0.1) is 5.92 Å². The van der Waals surface area contributed by atoms with E-state index in [1.807, 2.05) is 54.6 Å². The van der Waals surface area contributed by atoms with E-state index in [4.69, 9.17) is 0 Å². The minimum absolute atomic E-state index is 0.487. The SMILES string of the molecule is O=C(O)C(Cc1ccccc1Br)c1ccccc1. The summed E-state index contributed by atoms with van der Waals surface area (Å²) >= 11 is 3.45. The van der Waals surface area contributed by atoms with Gasteiger partial charge in [-0.3, -0.25) is 4.79 Å². The molecule has 0 saturated carbocycles. The fraction of sp³-hybridized carbons (Fsp3) is 0.133. The predicted octanol–water partition coefficient (Wildman–Crippen LogP) is 3.86. The van der Waals surface area contributed by atoms with Gasteiger partial charge in [0.2, 0.25) is 0 Å². The topological polar surface area (TPSA) is 37.3 Å². The van der Waals surface area contributed by atoms with Crippen LogP contribution in [0.3, 0.4) is 0 Å². The zero-order valence-electron chi connectivity index (χ0n) is 9.71. The van der Waals surface area contributed by atoms with Crippen molar-refractivity contribution in [3.8, 4) is 0 Å². The lowest BCUT2D eigenvalue weighted by Crippen LogP contribution is -2.14. The van der Waals surface area contributed by atoms with Gasteiger partial charge in [0.1, 0.15) is 0 Å². The Kier molecular flexibility index (Phi) is 4.15. The Bertz CT molecular complexity index is 537. The molecule has 0 aliphatic heterocycles. The largest absolute Gasteiger partial charge is 0.481 e. The smallest absolute Gasteiger partial charge is 0.311 e. The Morgan fingerprint density at radius 3 is 2.28 bits per heavy atom. The van der Waals surface area contributed by atoms with Gasteiger partial charge in [-0.1, -0.05) is 64.5 Å². The molecule has 0 spiro atoms. The van der Waals surface area contributed by atoms with E-state index >= 15 is 0 Å². The van der Waals surface area contributed by atoms with Crippen LogP contribution in [0.2, 0.25) is 0 Å². The molecular formula is C15H13BrO2. The third-order valence-corrected chi connectivity index (χ3v) is 3.66. The minimum Gasteiger partial charge on any atom is -0.481 e. The molecule has 1 N–H and O–H groups in total. The van der Waals surface area contributed by atoms with E-state index in [0.717, 1.165) is 15.6 Å². The minimum atomic E-state index is -0.794. The molecule has 0 bridgehead atoms. The summed E-state index contributed by atoms with van der Waals surface area (Å²) < 4.78 is 0.951. The van der Waals surface area contributed by atoms with Crippen LogP contribution in [0, 0.1) is 0 Å². The average Bonchev–Trinajstić information content (AvgIpc) is 2.38. The van der Waals surface area contributed by atoms with Crippen LogP contribution in [0.4, 0.5) is 0 Å². The van der Waals surface area contributed by atoms with Crippen molar-refractivity contribution >= 4 is 21.9 Å². The normalized spacial score (nSPS) is 12.1. The molecule has 1 unspecified atom stereocenters. The van der Waals surface area contributed by atoms with Crippen molar-refractivity contribution in [2.75, 3.05) is 0 Å². The third-order valence-electron chi connectivity index (χ3n) is 2.88. The number of benzene rings is 2. The lowest BCUT2D eigenvalue weighted by Gasteiger charge is -2.13. The molecule has 0 heterocycles. The lowest BCUT2D eigenvalue weighted by atomic mass is 9.92. The van der Waals surface area contributed by atoms with E-state index in [9.17, 15) is 9.90 Å². The van der Waals surface area contributed by atoms with Gasteiger partial charge >= 0.3 is 5.97 Å². The van der Waals surface area contributed by atoms with Crippen molar-refractivity contribution in [1.82, 2.24) is 0 Å². The number of carboxylic acid groups (broad SMARTS) is 1. The summed E-state index contributed by atoms with van der Waals surface area (Å²) in [6.07, 6.45) is 0.487. The number of rotatable bonds is 4. The molecule has 2 rings (SSSR count). The molecule has 0 radical (unpaired) electrons. The van der Waals surface area contributed by atoms with E-state index in [-0.39, 0.29) is 0 Å². The zero-order chi connectivity index (χ0) is 13.0. The van der Waals surface area contributed by atoms with Crippen LogP contribution >= 0.6 is 15.9 Å². The molecule has 0 fully saturated rings. The van der Waals surface area contributed by atoms with Crippen molar-refractivity contribution in [3.05, 3.63) is 70.2 Å². The van der Waals surface area contributed by atoms with Crippen LogP contribution in [-0.2, 0) is 11.2 Å². The predicted molar refractivity (Wildman–Crippen MR) is 74.7 cm³/mol. The quantitative estimate of drug-likeness (QED) is 0.931. The monoisotopic (exact) mass is 304 g/mol. The Morgan fingerprint density at radius 2 is 1.67 bits per heavy atom. The molecule has 2 aromatic carbocycles. The first kappa shape index (κ1) is 12.8. The maximum atomic E-state index is 11.4. The Morgan fingerprint density at radius 1 is 1.06 bits per heavy atom. The number of aliphatic carboxylic acids is 1. The molecule has 0 aromatic heterocycles. The van der Waals surface area contributed by atoms with Gasteiger partial charge in [0.15, 0.2) is 0 Å². The van der Waals surface area contributed by atoms with Crippen LogP contribution in [0.15, 0.2) is 59.1 Å². The molecule has 92 valence electrons. The van der Waals surface area contributed by atoms with Gasteiger partial charge in [-0.25, -0.2) is 0 Å². The van der Waals surface area contributed by atoms with Gasteiger partial charge in [0.25, 0.3) is 0 Å². The summed E-state index contributed by atoms with van der Waals surface area (Å²) in [5.74, 6) is -1.30. The first-order valence-corrected chi connectivity index (χ1v) is 6.49. The van der Waals surface area contributed by atoms with Crippen molar-refractivity contribution in [3.63, 3.8) is 0 Å². The Balaban J connectivity index is 2.28. The Hall–Kier alpha value is -1.61. The van der Waals surface area contributed by atoms with E-state index in [2.05, 4.69) is 15.9 Å². The second kappa shape index (κ2) is 5.83. The highest BCUT2D eigenvalue weighted by Gasteiger charge is 2.20. The summed E-state index contributed by atoms with van der Waals surface area (Å²) in [4.78, 5) is 11.4. The number of hydrogen-bond donors (Lipinski definition) is 1. The van der Waals surface area contributed by atoms with Gasteiger partial charge in [-0.15, -0.1) is 0 Å². The van der Waals surface area contributed by atoms with E-state index in [0.29, 0.717) is 6.42 Å². The zero-order valence-corrected chi connectivity index (χ0v) is 11.3. The third kappa shape index (κ3) is 2.99. The number of hydrogen-bond acceptors (Lipinski definition) is 1. The van der Waals surface area contributed by atoms with E-state index < -0.39 is 11.9 Å². The maximum absolute atomic E-state index is 11.4. The summed E-state index contributed by atoms with van der Waals surface area (Å²) in [7, 11) is 0. The van der Waals surface area contributed by atoms with E-state index in [1.54, 1.807) is 0 Å². The molecule has 0 aliphatic carbocycles. The fourth-order valence-corrected chi connectivity index (χ4v) is 2.36. The standard InChI is InChI=1S/C15H13BrO2/c16-14-9-5-4-8-12(14)10-13(15(17)18)11-6-2-1-3-7-11/h1-9,13H,10H2,(H,17,18). The Labute approximate surface area is 114 Å². The summed E-state index contributed by atoms with van der Waals surface area (Å²) in [5, 5.41) is 9.36. The maximum Gasteiger partial charge on any atom is 0.311 e. The van der Waals surface area contributed by atoms with Crippen molar-refractivity contribution < 1.29 is 9.90 Å². The first-order valence-electron chi connectivity index (χ1n) is 5.69. The van der Waals surface area contributed by atoms with Crippen molar-refractivity contribution in [2.45, 2.75) is 12.3 Å². The van der Waals surface area contributed by atoms with Gasteiger partial charge < -0.3 is 5.11 Å². The number of halogens is 1. The molecule has 2 aromatic rings. The van der Waals surface area contributed by atoms with Crippen molar-refractivity contribution in [2.24, 2.45) is 0 Å². The van der Waals surface area contributed by atoms with E-state index in [1.165, 1.54) is 0 Å². The molecule has 0 aliphatic rings. The van der Waals surface area contributed by atoms with Gasteiger partial charge in [0, 0.05) is 4.47 Å². The molecule has 0 amide bonds. The van der Waals surface area contributed by atoms with Crippen LogP contribution in [-0.4, -0.2) is 11.1 Å². The van der Waals surface area contributed by atoms with Crippen LogP contribution < -0.4 is 0 Å². The van der Waals surface area contributed by atoms with Gasteiger partial charge in [-0.05, 0) is 23.6 Å².